The summed E-state index contributed by atoms with van der Waals surface area (Å²) in [7, 11) is 0. The predicted molar refractivity (Wildman–Crippen MR) is 108 cm³/mol. The van der Waals surface area contributed by atoms with Crippen molar-refractivity contribution in [1.29, 1.82) is 0 Å². The monoisotopic (exact) mass is 364 g/mol. The van der Waals surface area contributed by atoms with Crippen LogP contribution < -0.4 is 5.32 Å². The second kappa shape index (κ2) is 6.95. The molecule has 27 heavy (non-hydrogen) atoms. The number of fused-ring (bicyclic) bond motifs is 1. The lowest BCUT2D eigenvalue weighted by Crippen LogP contribution is -2.35. The van der Waals surface area contributed by atoms with Crippen molar-refractivity contribution in [3.05, 3.63) is 41.6 Å². The number of hydrogen-bond acceptors (Lipinski definition) is 4. The molecule has 0 unspecified atom stereocenters. The summed E-state index contributed by atoms with van der Waals surface area (Å²) in [4.78, 5) is 24.1. The van der Waals surface area contributed by atoms with E-state index in [1.807, 2.05) is 35.2 Å². The molecule has 1 amide bonds. The SMILES string of the molecule is CC(C)(C)CN1C[C@H](Nc2nc(-c3ccccc3)nc3c2CCC3)CC1=O. The van der Waals surface area contributed by atoms with E-state index in [1.54, 1.807) is 0 Å². The molecule has 1 fully saturated rings. The van der Waals surface area contributed by atoms with E-state index >= 15 is 0 Å². The Labute approximate surface area is 161 Å². The van der Waals surface area contributed by atoms with Crippen molar-refractivity contribution in [3.8, 4) is 11.4 Å². The highest BCUT2D eigenvalue weighted by molar-refractivity contribution is 5.80. The van der Waals surface area contributed by atoms with Crippen molar-refractivity contribution in [2.45, 2.75) is 52.5 Å². The Hall–Kier alpha value is -2.43. The van der Waals surface area contributed by atoms with Crippen LogP contribution in [0.2, 0.25) is 0 Å². The number of aryl methyl sites for hydroxylation is 1. The third-order valence-corrected chi connectivity index (χ3v) is 5.19. The number of nitrogens with one attached hydrogen (secondary N) is 1. The van der Waals surface area contributed by atoms with Gasteiger partial charge in [0, 0.05) is 36.3 Å². The van der Waals surface area contributed by atoms with Crippen molar-refractivity contribution in [2.24, 2.45) is 5.41 Å². The van der Waals surface area contributed by atoms with Crippen LogP contribution in [0.4, 0.5) is 5.82 Å². The first-order valence-electron chi connectivity index (χ1n) is 9.88. The van der Waals surface area contributed by atoms with E-state index in [0.717, 1.165) is 55.3 Å². The zero-order valence-corrected chi connectivity index (χ0v) is 16.5. The molecule has 0 bridgehead atoms. The average molecular weight is 364 g/mol. The summed E-state index contributed by atoms with van der Waals surface area (Å²) in [5, 5.41) is 3.58. The first-order valence-corrected chi connectivity index (χ1v) is 9.88. The number of carbonyl (C=O) groups excluding carboxylic acids is 1. The quantitative estimate of drug-likeness (QED) is 0.899. The summed E-state index contributed by atoms with van der Waals surface area (Å²) in [6, 6.07) is 10.2. The third-order valence-electron chi connectivity index (χ3n) is 5.19. The fraction of sp³-hybridized carbons (Fsp3) is 0.500. The highest BCUT2D eigenvalue weighted by Crippen LogP contribution is 2.31. The lowest BCUT2D eigenvalue weighted by Gasteiger charge is -2.26. The fourth-order valence-corrected chi connectivity index (χ4v) is 4.06. The van der Waals surface area contributed by atoms with Gasteiger partial charge in [0.25, 0.3) is 0 Å². The summed E-state index contributed by atoms with van der Waals surface area (Å²) < 4.78 is 0. The molecule has 142 valence electrons. The number of nitrogens with zero attached hydrogens (tertiary/aromatic N) is 3. The van der Waals surface area contributed by atoms with Crippen molar-refractivity contribution in [2.75, 3.05) is 18.4 Å². The topological polar surface area (TPSA) is 58.1 Å². The van der Waals surface area contributed by atoms with E-state index in [2.05, 4.69) is 26.1 Å². The molecule has 1 N–H and O–H groups in total. The van der Waals surface area contributed by atoms with Crippen LogP contribution in [-0.4, -0.2) is 39.9 Å². The van der Waals surface area contributed by atoms with Gasteiger partial charge in [-0.15, -0.1) is 0 Å². The molecule has 1 aromatic carbocycles. The maximum absolute atomic E-state index is 12.4. The van der Waals surface area contributed by atoms with Gasteiger partial charge in [-0.2, -0.15) is 0 Å². The Morgan fingerprint density at radius 3 is 2.67 bits per heavy atom. The Balaban J connectivity index is 1.57. The van der Waals surface area contributed by atoms with Gasteiger partial charge in [-0.05, 0) is 24.7 Å². The lowest BCUT2D eigenvalue weighted by molar-refractivity contribution is -0.128. The number of aromatic nitrogens is 2. The molecule has 2 aliphatic rings. The van der Waals surface area contributed by atoms with Crippen LogP contribution in [0.3, 0.4) is 0 Å². The number of anilines is 1. The third kappa shape index (κ3) is 3.97. The predicted octanol–water partition coefficient (Wildman–Crippen LogP) is 3.69. The largest absolute Gasteiger partial charge is 0.365 e. The number of likely N-dealkylation sites (tertiary alicyclic amines) is 1. The second-order valence-corrected chi connectivity index (χ2v) is 8.92. The second-order valence-electron chi connectivity index (χ2n) is 8.92. The van der Waals surface area contributed by atoms with Crippen LogP contribution >= 0.6 is 0 Å². The number of hydrogen-bond donors (Lipinski definition) is 1. The molecule has 0 radical (unpaired) electrons. The summed E-state index contributed by atoms with van der Waals surface area (Å²) >= 11 is 0. The molecule has 1 saturated heterocycles. The fourth-order valence-electron chi connectivity index (χ4n) is 4.06. The van der Waals surface area contributed by atoms with Crippen molar-refractivity contribution >= 4 is 11.7 Å². The normalized spacial score (nSPS) is 19.4. The summed E-state index contributed by atoms with van der Waals surface area (Å²) in [6.07, 6.45) is 3.68. The van der Waals surface area contributed by atoms with E-state index < -0.39 is 0 Å². The maximum atomic E-state index is 12.4. The molecule has 0 saturated carbocycles. The Morgan fingerprint density at radius 2 is 1.93 bits per heavy atom. The summed E-state index contributed by atoms with van der Waals surface area (Å²) in [6.45, 7) is 8.05. The van der Waals surface area contributed by atoms with Crippen LogP contribution in [0.1, 0.15) is 44.9 Å². The molecule has 5 nitrogen and oxygen atoms in total. The minimum Gasteiger partial charge on any atom is -0.365 e. The molecule has 4 rings (SSSR count). The Kier molecular flexibility index (Phi) is 4.62. The van der Waals surface area contributed by atoms with Crippen LogP contribution in [-0.2, 0) is 17.6 Å². The molecular formula is C22H28N4O. The van der Waals surface area contributed by atoms with Gasteiger partial charge in [0.15, 0.2) is 5.82 Å². The molecule has 1 aliphatic heterocycles. The zero-order chi connectivity index (χ0) is 19.0. The van der Waals surface area contributed by atoms with Gasteiger partial charge in [0.1, 0.15) is 5.82 Å². The number of rotatable bonds is 4. The van der Waals surface area contributed by atoms with E-state index in [0.29, 0.717) is 6.42 Å². The van der Waals surface area contributed by atoms with Crippen molar-refractivity contribution < 1.29 is 4.79 Å². The standard InChI is InChI=1S/C22H28N4O/c1-22(2,3)14-26-13-16(12-19(26)27)23-21-17-10-7-11-18(17)24-20(25-21)15-8-5-4-6-9-15/h4-6,8-9,16H,7,10-14H2,1-3H3,(H,23,24,25)/t16-/m1/s1. The highest BCUT2D eigenvalue weighted by atomic mass is 16.2. The van der Waals surface area contributed by atoms with Gasteiger partial charge in [0.2, 0.25) is 5.91 Å². The van der Waals surface area contributed by atoms with Gasteiger partial charge in [-0.1, -0.05) is 51.1 Å². The van der Waals surface area contributed by atoms with E-state index in [9.17, 15) is 4.79 Å². The van der Waals surface area contributed by atoms with Crippen LogP contribution in [0.15, 0.2) is 30.3 Å². The molecule has 1 atom stereocenters. The maximum Gasteiger partial charge on any atom is 0.224 e. The molecular weight excluding hydrogens is 336 g/mol. The van der Waals surface area contributed by atoms with Gasteiger partial charge < -0.3 is 10.2 Å². The van der Waals surface area contributed by atoms with Crippen LogP contribution in [0.5, 0.6) is 0 Å². The molecule has 2 heterocycles. The zero-order valence-electron chi connectivity index (χ0n) is 16.5. The first kappa shape index (κ1) is 18.0. The minimum atomic E-state index is 0.112. The molecule has 1 aromatic heterocycles. The molecule has 1 aliphatic carbocycles. The smallest absolute Gasteiger partial charge is 0.224 e. The van der Waals surface area contributed by atoms with Gasteiger partial charge in [-0.3, -0.25) is 4.79 Å². The van der Waals surface area contributed by atoms with Gasteiger partial charge >= 0.3 is 0 Å². The number of carbonyl (C=O) groups is 1. The first-order chi connectivity index (χ1) is 12.9. The molecule has 0 spiro atoms. The summed E-state index contributed by atoms with van der Waals surface area (Å²) in [5.74, 6) is 1.93. The highest BCUT2D eigenvalue weighted by Gasteiger charge is 2.33. The van der Waals surface area contributed by atoms with Crippen LogP contribution in [0.25, 0.3) is 11.4 Å². The lowest BCUT2D eigenvalue weighted by atomic mass is 9.96. The Bertz CT molecular complexity index is 841. The summed E-state index contributed by atoms with van der Waals surface area (Å²) in [5.41, 5.74) is 3.53. The minimum absolute atomic E-state index is 0.112. The average Bonchev–Trinajstić information content (AvgIpc) is 3.21. The van der Waals surface area contributed by atoms with E-state index in [1.165, 1.54) is 5.56 Å². The molecule has 5 heteroatoms. The molecule has 2 aromatic rings. The van der Waals surface area contributed by atoms with Gasteiger partial charge in [-0.25, -0.2) is 9.97 Å². The van der Waals surface area contributed by atoms with Crippen molar-refractivity contribution in [1.82, 2.24) is 14.9 Å². The van der Waals surface area contributed by atoms with Gasteiger partial charge in [0.05, 0.1) is 6.04 Å². The van der Waals surface area contributed by atoms with E-state index in [-0.39, 0.29) is 17.4 Å². The van der Waals surface area contributed by atoms with Crippen molar-refractivity contribution in [3.63, 3.8) is 0 Å². The number of amides is 1. The number of benzene rings is 1. The van der Waals surface area contributed by atoms with E-state index in [4.69, 9.17) is 9.97 Å². The Morgan fingerprint density at radius 1 is 1.15 bits per heavy atom. The van der Waals surface area contributed by atoms with Crippen LogP contribution in [0, 0.1) is 5.41 Å².